The SMILES string of the molecule is Cc1noc(CSc2ccc(C(=O)N3CCN(Cc4ccccn4)CC3)cc2)n1. The van der Waals surface area contributed by atoms with Gasteiger partial charge in [0, 0.05) is 49.4 Å². The van der Waals surface area contributed by atoms with Gasteiger partial charge in [-0.05, 0) is 43.3 Å². The van der Waals surface area contributed by atoms with Crippen LogP contribution in [0.25, 0.3) is 0 Å². The number of hydrogen-bond acceptors (Lipinski definition) is 7. The van der Waals surface area contributed by atoms with Crippen molar-refractivity contribution in [3.05, 3.63) is 71.6 Å². The lowest BCUT2D eigenvalue weighted by Gasteiger charge is -2.34. The van der Waals surface area contributed by atoms with Crippen LogP contribution in [0.3, 0.4) is 0 Å². The van der Waals surface area contributed by atoms with Gasteiger partial charge >= 0.3 is 0 Å². The zero-order chi connectivity index (χ0) is 20.1. The van der Waals surface area contributed by atoms with E-state index in [1.54, 1.807) is 18.7 Å². The van der Waals surface area contributed by atoms with Crippen LogP contribution in [0.1, 0.15) is 27.8 Å². The highest BCUT2D eigenvalue weighted by atomic mass is 32.2. The highest BCUT2D eigenvalue weighted by Gasteiger charge is 2.22. The Balaban J connectivity index is 1.27. The maximum absolute atomic E-state index is 12.8. The van der Waals surface area contributed by atoms with Crippen molar-refractivity contribution in [2.45, 2.75) is 24.1 Å². The number of benzene rings is 1. The van der Waals surface area contributed by atoms with E-state index in [1.165, 1.54) is 0 Å². The first-order chi connectivity index (χ1) is 14.2. The lowest BCUT2D eigenvalue weighted by Crippen LogP contribution is -2.48. The van der Waals surface area contributed by atoms with Crippen LogP contribution in [-0.2, 0) is 12.3 Å². The number of carbonyl (C=O) groups excluding carboxylic acids is 1. The van der Waals surface area contributed by atoms with E-state index in [1.807, 2.05) is 53.6 Å². The number of rotatable bonds is 6. The Morgan fingerprint density at radius 2 is 1.90 bits per heavy atom. The summed E-state index contributed by atoms with van der Waals surface area (Å²) in [5.41, 5.74) is 1.79. The van der Waals surface area contributed by atoms with Crippen molar-refractivity contribution in [3.8, 4) is 0 Å². The summed E-state index contributed by atoms with van der Waals surface area (Å²) >= 11 is 1.61. The molecule has 1 aromatic carbocycles. The maximum Gasteiger partial charge on any atom is 0.253 e. The number of amides is 1. The molecule has 7 nitrogen and oxygen atoms in total. The van der Waals surface area contributed by atoms with Crippen LogP contribution >= 0.6 is 11.8 Å². The van der Waals surface area contributed by atoms with Gasteiger partial charge in [0.2, 0.25) is 5.89 Å². The minimum absolute atomic E-state index is 0.0894. The molecule has 1 saturated heterocycles. The lowest BCUT2D eigenvalue weighted by atomic mass is 10.2. The van der Waals surface area contributed by atoms with Crippen LogP contribution in [0.5, 0.6) is 0 Å². The van der Waals surface area contributed by atoms with E-state index in [0.717, 1.165) is 48.9 Å². The first-order valence-electron chi connectivity index (χ1n) is 9.61. The second-order valence-corrected chi connectivity index (χ2v) is 7.99. The number of aryl methyl sites for hydroxylation is 1. The average molecular weight is 410 g/mol. The molecular formula is C21H23N5O2S. The minimum Gasteiger partial charge on any atom is -0.338 e. The zero-order valence-electron chi connectivity index (χ0n) is 16.3. The predicted octanol–water partition coefficient (Wildman–Crippen LogP) is 3.02. The Labute approximate surface area is 174 Å². The summed E-state index contributed by atoms with van der Waals surface area (Å²) in [5.74, 6) is 1.95. The smallest absolute Gasteiger partial charge is 0.253 e. The van der Waals surface area contributed by atoms with Gasteiger partial charge in [0.15, 0.2) is 5.82 Å². The number of carbonyl (C=O) groups is 1. The maximum atomic E-state index is 12.8. The van der Waals surface area contributed by atoms with E-state index in [-0.39, 0.29) is 5.91 Å². The molecule has 0 saturated carbocycles. The summed E-state index contributed by atoms with van der Waals surface area (Å²) in [6.07, 6.45) is 1.82. The van der Waals surface area contributed by atoms with Gasteiger partial charge in [-0.1, -0.05) is 11.2 Å². The van der Waals surface area contributed by atoms with E-state index in [9.17, 15) is 4.79 Å². The zero-order valence-corrected chi connectivity index (χ0v) is 17.1. The number of piperazine rings is 1. The number of hydrogen-bond donors (Lipinski definition) is 0. The van der Waals surface area contributed by atoms with E-state index in [2.05, 4.69) is 20.0 Å². The highest BCUT2D eigenvalue weighted by molar-refractivity contribution is 7.98. The van der Waals surface area contributed by atoms with Crippen LogP contribution in [-0.4, -0.2) is 57.0 Å². The fourth-order valence-electron chi connectivity index (χ4n) is 3.25. The lowest BCUT2D eigenvalue weighted by molar-refractivity contribution is 0.0627. The van der Waals surface area contributed by atoms with Crippen molar-refractivity contribution in [1.29, 1.82) is 0 Å². The topological polar surface area (TPSA) is 75.4 Å². The van der Waals surface area contributed by atoms with Gasteiger partial charge in [0.05, 0.1) is 11.4 Å². The van der Waals surface area contributed by atoms with Gasteiger partial charge < -0.3 is 9.42 Å². The molecule has 1 aliphatic rings. The molecule has 2 aromatic heterocycles. The number of pyridine rings is 1. The van der Waals surface area contributed by atoms with Crippen molar-refractivity contribution in [3.63, 3.8) is 0 Å². The quantitative estimate of drug-likeness (QED) is 0.579. The molecule has 3 heterocycles. The summed E-state index contributed by atoms with van der Waals surface area (Å²) < 4.78 is 5.12. The van der Waals surface area contributed by atoms with E-state index in [0.29, 0.717) is 17.5 Å². The van der Waals surface area contributed by atoms with Crippen LogP contribution in [0, 0.1) is 6.92 Å². The molecule has 1 amide bonds. The molecule has 0 bridgehead atoms. The Morgan fingerprint density at radius 3 is 2.55 bits per heavy atom. The molecule has 8 heteroatoms. The Kier molecular flexibility index (Phi) is 6.21. The van der Waals surface area contributed by atoms with Crippen molar-refractivity contribution in [2.24, 2.45) is 0 Å². The molecule has 1 aliphatic heterocycles. The third kappa shape index (κ3) is 5.21. The first kappa shape index (κ1) is 19.6. The normalized spacial score (nSPS) is 14.9. The second kappa shape index (κ2) is 9.19. The molecule has 4 rings (SSSR count). The largest absolute Gasteiger partial charge is 0.338 e. The summed E-state index contributed by atoms with van der Waals surface area (Å²) in [6.45, 7) is 5.82. The van der Waals surface area contributed by atoms with Gasteiger partial charge in [0.25, 0.3) is 5.91 Å². The number of aromatic nitrogens is 3. The van der Waals surface area contributed by atoms with Gasteiger partial charge in [-0.3, -0.25) is 14.7 Å². The van der Waals surface area contributed by atoms with Crippen molar-refractivity contribution in [2.75, 3.05) is 26.2 Å². The molecular weight excluding hydrogens is 386 g/mol. The molecule has 3 aromatic rings. The van der Waals surface area contributed by atoms with Gasteiger partial charge in [-0.25, -0.2) is 0 Å². The van der Waals surface area contributed by atoms with E-state index < -0.39 is 0 Å². The number of thioether (sulfide) groups is 1. The van der Waals surface area contributed by atoms with Crippen LogP contribution < -0.4 is 0 Å². The third-order valence-corrected chi connectivity index (χ3v) is 5.80. The predicted molar refractivity (Wildman–Crippen MR) is 110 cm³/mol. The molecule has 150 valence electrons. The monoisotopic (exact) mass is 409 g/mol. The van der Waals surface area contributed by atoms with Crippen LogP contribution in [0.2, 0.25) is 0 Å². The standard InChI is InChI=1S/C21H23N5O2S/c1-16-23-20(28-24-16)15-29-19-7-5-17(6-8-19)21(27)26-12-10-25(11-13-26)14-18-4-2-3-9-22-18/h2-9H,10-15H2,1H3. The third-order valence-electron chi connectivity index (χ3n) is 4.80. The first-order valence-corrected chi connectivity index (χ1v) is 10.6. The summed E-state index contributed by atoms with van der Waals surface area (Å²) in [5, 5.41) is 3.79. The molecule has 0 aliphatic carbocycles. The van der Waals surface area contributed by atoms with E-state index in [4.69, 9.17) is 4.52 Å². The molecule has 0 spiro atoms. The van der Waals surface area contributed by atoms with Crippen LogP contribution in [0.4, 0.5) is 0 Å². The van der Waals surface area contributed by atoms with Crippen LogP contribution in [0.15, 0.2) is 58.1 Å². The molecule has 0 atom stereocenters. The van der Waals surface area contributed by atoms with E-state index >= 15 is 0 Å². The second-order valence-electron chi connectivity index (χ2n) is 6.94. The molecule has 29 heavy (non-hydrogen) atoms. The van der Waals surface area contributed by atoms with Crippen molar-refractivity contribution >= 4 is 17.7 Å². The molecule has 0 radical (unpaired) electrons. The summed E-state index contributed by atoms with van der Waals surface area (Å²) in [7, 11) is 0. The number of nitrogens with zero attached hydrogens (tertiary/aromatic N) is 5. The highest BCUT2D eigenvalue weighted by Crippen LogP contribution is 2.23. The Hall–Kier alpha value is -2.71. The summed E-state index contributed by atoms with van der Waals surface area (Å²) in [6, 6.07) is 13.7. The molecule has 1 fully saturated rings. The van der Waals surface area contributed by atoms with Crippen molar-refractivity contribution < 1.29 is 9.32 Å². The fraction of sp³-hybridized carbons (Fsp3) is 0.333. The fourth-order valence-corrected chi connectivity index (χ4v) is 3.99. The summed E-state index contributed by atoms with van der Waals surface area (Å²) in [4.78, 5) is 26.7. The van der Waals surface area contributed by atoms with Gasteiger partial charge in [-0.2, -0.15) is 4.98 Å². The Morgan fingerprint density at radius 1 is 1.10 bits per heavy atom. The minimum atomic E-state index is 0.0894. The molecule has 0 N–H and O–H groups in total. The van der Waals surface area contributed by atoms with Crippen molar-refractivity contribution in [1.82, 2.24) is 24.9 Å². The van der Waals surface area contributed by atoms with Gasteiger partial charge in [-0.15, -0.1) is 11.8 Å². The van der Waals surface area contributed by atoms with Gasteiger partial charge in [0.1, 0.15) is 0 Å². The Bertz CT molecular complexity index is 937. The molecule has 0 unspecified atom stereocenters. The average Bonchev–Trinajstić information content (AvgIpc) is 3.19.